The first kappa shape index (κ1) is 14.5. The van der Waals surface area contributed by atoms with Crippen LogP contribution in [-0.4, -0.2) is 40.4 Å². The van der Waals surface area contributed by atoms with Gasteiger partial charge in [0.15, 0.2) is 0 Å². The zero-order valence-corrected chi connectivity index (χ0v) is 12.6. The number of rotatable bonds is 6. The largest absolute Gasteiger partial charge is 0.307 e. The van der Waals surface area contributed by atoms with Crippen molar-refractivity contribution in [1.29, 1.82) is 0 Å². The fraction of sp³-hybridized carbons (Fsp3) is 0.800. The van der Waals surface area contributed by atoms with E-state index in [1.807, 2.05) is 17.9 Å². The van der Waals surface area contributed by atoms with Gasteiger partial charge >= 0.3 is 0 Å². The lowest BCUT2D eigenvalue weighted by molar-refractivity contribution is 0.190. The number of unbranched alkanes of at least 4 members (excludes halogenated alkanes) is 1. The van der Waals surface area contributed by atoms with Crippen LogP contribution in [0.5, 0.6) is 0 Å². The molecule has 1 fully saturated rings. The average Bonchev–Trinajstić information content (AvgIpc) is 2.85. The number of aromatic nitrogens is 2. The first-order chi connectivity index (χ1) is 9.19. The Balaban J connectivity index is 1.73. The maximum Gasteiger partial charge on any atom is 0.0537 e. The first-order valence-electron chi connectivity index (χ1n) is 7.66. The van der Waals surface area contributed by atoms with Crippen LogP contribution in [0, 0.1) is 0 Å². The van der Waals surface area contributed by atoms with Crippen molar-refractivity contribution >= 4 is 0 Å². The summed E-state index contributed by atoms with van der Waals surface area (Å²) in [5.41, 5.74) is 1.29. The standard InChI is InChI=1S/C15H28N4/c1-4-5-8-19-9-6-15(7-10-19)17-13(2)14-11-16-18(3)12-14/h11-13,15,17H,4-10H2,1-3H3. The van der Waals surface area contributed by atoms with Crippen molar-refractivity contribution in [3.05, 3.63) is 18.0 Å². The van der Waals surface area contributed by atoms with Gasteiger partial charge in [0, 0.05) is 30.9 Å². The molecule has 1 saturated heterocycles. The van der Waals surface area contributed by atoms with Crippen molar-refractivity contribution in [2.24, 2.45) is 7.05 Å². The lowest BCUT2D eigenvalue weighted by Gasteiger charge is -2.33. The smallest absolute Gasteiger partial charge is 0.0537 e. The molecule has 2 heterocycles. The molecule has 1 aromatic heterocycles. The highest BCUT2D eigenvalue weighted by molar-refractivity contribution is 5.09. The van der Waals surface area contributed by atoms with E-state index in [0.29, 0.717) is 12.1 Å². The fourth-order valence-electron chi connectivity index (χ4n) is 2.82. The molecule has 4 heteroatoms. The van der Waals surface area contributed by atoms with Crippen molar-refractivity contribution in [1.82, 2.24) is 20.0 Å². The minimum absolute atomic E-state index is 0.404. The summed E-state index contributed by atoms with van der Waals surface area (Å²) in [5, 5.41) is 7.99. The van der Waals surface area contributed by atoms with E-state index in [1.54, 1.807) is 0 Å². The summed E-state index contributed by atoms with van der Waals surface area (Å²) in [5.74, 6) is 0. The molecule has 0 amide bonds. The number of nitrogens with one attached hydrogen (secondary N) is 1. The molecule has 1 aromatic rings. The molecular formula is C15H28N4. The summed E-state index contributed by atoms with van der Waals surface area (Å²) < 4.78 is 1.88. The van der Waals surface area contributed by atoms with E-state index in [1.165, 1.54) is 50.9 Å². The summed E-state index contributed by atoms with van der Waals surface area (Å²) in [6.07, 6.45) is 9.26. The van der Waals surface area contributed by atoms with Gasteiger partial charge in [-0.05, 0) is 45.8 Å². The second-order valence-electron chi connectivity index (χ2n) is 5.81. The summed E-state index contributed by atoms with van der Waals surface area (Å²) in [4.78, 5) is 2.61. The number of hydrogen-bond donors (Lipinski definition) is 1. The van der Waals surface area contributed by atoms with Gasteiger partial charge < -0.3 is 10.2 Å². The molecule has 1 atom stereocenters. The SMILES string of the molecule is CCCCN1CCC(NC(C)c2cnn(C)c2)CC1. The van der Waals surface area contributed by atoms with Crippen molar-refractivity contribution in [3.63, 3.8) is 0 Å². The van der Waals surface area contributed by atoms with Crippen LogP contribution in [0.4, 0.5) is 0 Å². The van der Waals surface area contributed by atoms with Crippen LogP contribution in [0.15, 0.2) is 12.4 Å². The van der Waals surface area contributed by atoms with Gasteiger partial charge in [-0.1, -0.05) is 13.3 Å². The molecule has 0 radical (unpaired) electrons. The van der Waals surface area contributed by atoms with E-state index in [-0.39, 0.29) is 0 Å². The molecule has 19 heavy (non-hydrogen) atoms. The van der Waals surface area contributed by atoms with Gasteiger partial charge in [0.25, 0.3) is 0 Å². The van der Waals surface area contributed by atoms with Gasteiger partial charge in [0.1, 0.15) is 0 Å². The predicted molar refractivity (Wildman–Crippen MR) is 79.1 cm³/mol. The van der Waals surface area contributed by atoms with Crippen LogP contribution in [0.2, 0.25) is 0 Å². The molecule has 108 valence electrons. The van der Waals surface area contributed by atoms with Gasteiger partial charge in [0.2, 0.25) is 0 Å². The quantitative estimate of drug-likeness (QED) is 0.856. The topological polar surface area (TPSA) is 33.1 Å². The van der Waals surface area contributed by atoms with Gasteiger partial charge in [-0.2, -0.15) is 5.10 Å². The maximum atomic E-state index is 4.25. The predicted octanol–water partition coefficient (Wildman–Crippen LogP) is 2.34. The maximum absolute atomic E-state index is 4.25. The van der Waals surface area contributed by atoms with Crippen molar-refractivity contribution < 1.29 is 0 Å². The lowest BCUT2D eigenvalue weighted by Crippen LogP contribution is -2.43. The molecule has 1 aliphatic heterocycles. The third-order valence-electron chi connectivity index (χ3n) is 4.13. The van der Waals surface area contributed by atoms with E-state index in [4.69, 9.17) is 0 Å². The number of hydrogen-bond acceptors (Lipinski definition) is 3. The molecule has 0 bridgehead atoms. The molecular weight excluding hydrogens is 236 g/mol. The minimum atomic E-state index is 0.404. The Morgan fingerprint density at radius 1 is 1.42 bits per heavy atom. The second kappa shape index (κ2) is 7.06. The number of aryl methyl sites for hydroxylation is 1. The van der Waals surface area contributed by atoms with Crippen LogP contribution in [0.25, 0.3) is 0 Å². The van der Waals surface area contributed by atoms with Crippen LogP contribution >= 0.6 is 0 Å². The number of nitrogens with zero attached hydrogens (tertiary/aromatic N) is 3. The Morgan fingerprint density at radius 2 is 2.16 bits per heavy atom. The Kier molecular flexibility index (Phi) is 5.40. The molecule has 1 N–H and O–H groups in total. The Labute approximate surface area is 117 Å². The second-order valence-corrected chi connectivity index (χ2v) is 5.81. The van der Waals surface area contributed by atoms with E-state index >= 15 is 0 Å². The Bertz CT molecular complexity index is 366. The summed E-state index contributed by atoms with van der Waals surface area (Å²) in [7, 11) is 1.97. The third-order valence-corrected chi connectivity index (χ3v) is 4.13. The summed E-state index contributed by atoms with van der Waals surface area (Å²) >= 11 is 0. The zero-order chi connectivity index (χ0) is 13.7. The van der Waals surface area contributed by atoms with Gasteiger partial charge in [-0.15, -0.1) is 0 Å². The lowest BCUT2D eigenvalue weighted by atomic mass is 10.0. The molecule has 0 saturated carbocycles. The summed E-state index contributed by atoms with van der Waals surface area (Å²) in [6.45, 7) is 8.28. The minimum Gasteiger partial charge on any atom is -0.307 e. The number of piperidine rings is 1. The van der Waals surface area contributed by atoms with E-state index in [2.05, 4.69) is 35.4 Å². The fourth-order valence-corrected chi connectivity index (χ4v) is 2.82. The molecule has 0 aliphatic carbocycles. The molecule has 2 rings (SSSR count). The highest BCUT2D eigenvalue weighted by Gasteiger charge is 2.20. The van der Waals surface area contributed by atoms with E-state index < -0.39 is 0 Å². The molecule has 0 aromatic carbocycles. The molecule has 4 nitrogen and oxygen atoms in total. The van der Waals surface area contributed by atoms with Crippen molar-refractivity contribution in [3.8, 4) is 0 Å². The van der Waals surface area contributed by atoms with Crippen LogP contribution < -0.4 is 5.32 Å². The van der Waals surface area contributed by atoms with Crippen LogP contribution in [-0.2, 0) is 7.05 Å². The van der Waals surface area contributed by atoms with E-state index in [9.17, 15) is 0 Å². The zero-order valence-electron chi connectivity index (χ0n) is 12.6. The highest BCUT2D eigenvalue weighted by Crippen LogP contribution is 2.17. The normalized spacial score (nSPS) is 19.7. The first-order valence-corrected chi connectivity index (χ1v) is 7.66. The Hall–Kier alpha value is -0.870. The third kappa shape index (κ3) is 4.32. The monoisotopic (exact) mass is 264 g/mol. The van der Waals surface area contributed by atoms with Gasteiger partial charge in [-0.3, -0.25) is 4.68 Å². The Morgan fingerprint density at radius 3 is 2.74 bits per heavy atom. The highest BCUT2D eigenvalue weighted by atomic mass is 15.2. The summed E-state index contributed by atoms with van der Waals surface area (Å²) in [6, 6.07) is 1.06. The van der Waals surface area contributed by atoms with Crippen molar-refractivity contribution in [2.75, 3.05) is 19.6 Å². The van der Waals surface area contributed by atoms with E-state index in [0.717, 1.165) is 0 Å². The van der Waals surface area contributed by atoms with Gasteiger partial charge in [0.05, 0.1) is 6.20 Å². The van der Waals surface area contributed by atoms with Gasteiger partial charge in [-0.25, -0.2) is 0 Å². The van der Waals surface area contributed by atoms with Crippen molar-refractivity contribution in [2.45, 2.75) is 51.6 Å². The molecule has 1 unspecified atom stereocenters. The molecule has 1 aliphatic rings. The number of likely N-dealkylation sites (tertiary alicyclic amines) is 1. The molecule has 0 spiro atoms. The van der Waals surface area contributed by atoms with Crippen LogP contribution in [0.3, 0.4) is 0 Å². The van der Waals surface area contributed by atoms with Crippen LogP contribution in [0.1, 0.15) is 51.1 Å². The average molecular weight is 264 g/mol.